The molecular formula is C15H17FN2O2S. The molecule has 0 unspecified atom stereocenters. The molecule has 0 amide bonds. The molecule has 2 N–H and O–H groups in total. The van der Waals surface area contributed by atoms with Crippen molar-refractivity contribution >= 4 is 21.4 Å². The molecule has 0 fully saturated rings. The van der Waals surface area contributed by atoms with Crippen molar-refractivity contribution in [2.45, 2.75) is 18.7 Å². The van der Waals surface area contributed by atoms with Crippen molar-refractivity contribution < 1.29 is 12.8 Å². The quantitative estimate of drug-likeness (QED) is 0.883. The predicted octanol–water partition coefficient (Wildman–Crippen LogP) is 2.93. The van der Waals surface area contributed by atoms with Gasteiger partial charge in [-0.25, -0.2) is 12.8 Å². The highest BCUT2D eigenvalue weighted by molar-refractivity contribution is 7.92. The summed E-state index contributed by atoms with van der Waals surface area (Å²) < 4.78 is 39.8. The van der Waals surface area contributed by atoms with E-state index in [0.29, 0.717) is 16.9 Å². The Balaban J connectivity index is 2.51. The van der Waals surface area contributed by atoms with Crippen LogP contribution < -0.4 is 10.0 Å². The lowest BCUT2D eigenvalue weighted by molar-refractivity contribution is 0.591. The van der Waals surface area contributed by atoms with Gasteiger partial charge in [-0.1, -0.05) is 0 Å². The van der Waals surface area contributed by atoms with Gasteiger partial charge in [0.05, 0.1) is 10.6 Å². The van der Waals surface area contributed by atoms with Gasteiger partial charge in [-0.15, -0.1) is 0 Å². The Bertz CT molecular complexity index is 743. The van der Waals surface area contributed by atoms with Crippen LogP contribution in [0.25, 0.3) is 0 Å². The Hall–Kier alpha value is -2.08. The number of nitrogens with zero attached hydrogens (tertiary/aromatic N) is 1. The molecule has 112 valence electrons. The predicted molar refractivity (Wildman–Crippen MR) is 82.2 cm³/mol. The van der Waals surface area contributed by atoms with Crippen molar-refractivity contribution in [1.82, 2.24) is 0 Å². The van der Waals surface area contributed by atoms with Gasteiger partial charge in [0.1, 0.15) is 5.82 Å². The van der Waals surface area contributed by atoms with Gasteiger partial charge in [0.2, 0.25) is 0 Å². The van der Waals surface area contributed by atoms with Crippen LogP contribution in [0.1, 0.15) is 12.5 Å². The molecule has 0 bridgehead atoms. The minimum absolute atomic E-state index is 0.197. The van der Waals surface area contributed by atoms with Crippen LogP contribution in [0.2, 0.25) is 0 Å². The Morgan fingerprint density at radius 3 is 2.29 bits per heavy atom. The molecule has 2 rings (SSSR count). The van der Waals surface area contributed by atoms with Gasteiger partial charge < -0.3 is 5.73 Å². The van der Waals surface area contributed by atoms with E-state index < -0.39 is 15.8 Å². The van der Waals surface area contributed by atoms with E-state index in [4.69, 9.17) is 5.73 Å². The van der Waals surface area contributed by atoms with Crippen molar-refractivity contribution in [2.24, 2.45) is 0 Å². The highest BCUT2D eigenvalue weighted by Crippen LogP contribution is 2.26. The lowest BCUT2D eigenvalue weighted by atomic mass is 10.2. The van der Waals surface area contributed by atoms with Crippen molar-refractivity contribution in [3.05, 3.63) is 53.8 Å². The fourth-order valence-corrected chi connectivity index (χ4v) is 3.86. The van der Waals surface area contributed by atoms with Crippen LogP contribution in [-0.2, 0) is 10.0 Å². The van der Waals surface area contributed by atoms with E-state index in [0.717, 1.165) is 0 Å². The normalized spacial score (nSPS) is 11.4. The number of benzene rings is 2. The maximum absolute atomic E-state index is 13.0. The van der Waals surface area contributed by atoms with E-state index in [2.05, 4.69) is 0 Å². The summed E-state index contributed by atoms with van der Waals surface area (Å²) in [6.07, 6.45) is 0. The third-order valence-corrected chi connectivity index (χ3v) is 5.23. The van der Waals surface area contributed by atoms with Crippen LogP contribution >= 0.6 is 0 Å². The summed E-state index contributed by atoms with van der Waals surface area (Å²) in [4.78, 5) is 0.197. The molecule has 0 aliphatic heterocycles. The first-order chi connectivity index (χ1) is 9.86. The molecule has 0 aliphatic carbocycles. The van der Waals surface area contributed by atoms with Crippen LogP contribution in [0.3, 0.4) is 0 Å². The second kappa shape index (κ2) is 5.73. The smallest absolute Gasteiger partial charge is 0.264 e. The van der Waals surface area contributed by atoms with Crippen molar-refractivity contribution in [3.8, 4) is 0 Å². The SMILES string of the molecule is CCN(c1ccc(F)cc1)S(=O)(=O)c1ccc(N)cc1C. The third kappa shape index (κ3) is 3.00. The molecule has 0 saturated heterocycles. The van der Waals surface area contributed by atoms with Gasteiger partial charge in [0.15, 0.2) is 0 Å². The van der Waals surface area contributed by atoms with Gasteiger partial charge >= 0.3 is 0 Å². The highest BCUT2D eigenvalue weighted by Gasteiger charge is 2.25. The Labute approximate surface area is 124 Å². The minimum atomic E-state index is -3.71. The molecule has 4 nitrogen and oxygen atoms in total. The number of anilines is 2. The molecule has 0 saturated carbocycles. The molecule has 0 spiro atoms. The highest BCUT2D eigenvalue weighted by atomic mass is 32.2. The first kappa shape index (κ1) is 15.3. The summed E-state index contributed by atoms with van der Waals surface area (Å²) in [6, 6.07) is 10.0. The number of nitrogens with two attached hydrogens (primary N) is 1. The molecule has 0 aliphatic rings. The maximum Gasteiger partial charge on any atom is 0.264 e. The number of aryl methyl sites for hydroxylation is 1. The van der Waals surface area contributed by atoms with E-state index in [1.54, 1.807) is 26.0 Å². The molecule has 0 heterocycles. The number of hydrogen-bond acceptors (Lipinski definition) is 3. The fraction of sp³-hybridized carbons (Fsp3) is 0.200. The second-order valence-corrected chi connectivity index (χ2v) is 6.50. The zero-order chi connectivity index (χ0) is 15.6. The average molecular weight is 308 g/mol. The maximum atomic E-state index is 13.0. The number of rotatable bonds is 4. The largest absolute Gasteiger partial charge is 0.399 e. The number of sulfonamides is 1. The zero-order valence-corrected chi connectivity index (χ0v) is 12.7. The Morgan fingerprint density at radius 2 is 1.76 bits per heavy atom. The van der Waals surface area contributed by atoms with Crippen LogP contribution in [0.4, 0.5) is 15.8 Å². The molecule has 2 aromatic rings. The number of nitrogen functional groups attached to an aromatic ring is 1. The van der Waals surface area contributed by atoms with E-state index in [9.17, 15) is 12.8 Å². The van der Waals surface area contributed by atoms with E-state index in [-0.39, 0.29) is 11.4 Å². The summed E-state index contributed by atoms with van der Waals surface area (Å²) >= 11 is 0. The molecule has 0 aromatic heterocycles. The standard InChI is InChI=1S/C15H17FN2O2S/c1-3-18(14-7-4-12(16)5-8-14)21(19,20)15-9-6-13(17)10-11(15)2/h4-10H,3,17H2,1-2H3. The Morgan fingerprint density at radius 1 is 1.14 bits per heavy atom. The molecule has 0 radical (unpaired) electrons. The average Bonchev–Trinajstić information content (AvgIpc) is 2.41. The van der Waals surface area contributed by atoms with Gasteiger partial charge in [0.25, 0.3) is 10.0 Å². The molecule has 2 aromatic carbocycles. The third-order valence-electron chi connectivity index (χ3n) is 3.17. The zero-order valence-electron chi connectivity index (χ0n) is 11.9. The molecule has 0 atom stereocenters. The summed E-state index contributed by atoms with van der Waals surface area (Å²) in [5.41, 5.74) is 7.17. The summed E-state index contributed by atoms with van der Waals surface area (Å²) in [6.45, 7) is 3.67. The lowest BCUT2D eigenvalue weighted by Crippen LogP contribution is -2.31. The fourth-order valence-electron chi connectivity index (χ4n) is 2.18. The first-order valence-electron chi connectivity index (χ1n) is 6.50. The summed E-state index contributed by atoms with van der Waals surface area (Å²) in [5.74, 6) is -0.407. The van der Waals surface area contributed by atoms with Crippen LogP contribution in [0, 0.1) is 12.7 Å². The summed E-state index contributed by atoms with van der Waals surface area (Å²) in [7, 11) is -3.71. The first-order valence-corrected chi connectivity index (χ1v) is 7.94. The van der Waals surface area contributed by atoms with Gasteiger partial charge in [-0.05, 0) is 61.9 Å². The number of halogens is 1. The minimum Gasteiger partial charge on any atom is -0.399 e. The second-order valence-electron chi connectivity index (χ2n) is 4.67. The van der Waals surface area contributed by atoms with Crippen LogP contribution in [0.5, 0.6) is 0 Å². The summed E-state index contributed by atoms with van der Waals surface area (Å²) in [5, 5.41) is 0. The molecular weight excluding hydrogens is 291 g/mol. The lowest BCUT2D eigenvalue weighted by Gasteiger charge is -2.24. The van der Waals surface area contributed by atoms with Crippen LogP contribution in [0.15, 0.2) is 47.4 Å². The van der Waals surface area contributed by atoms with Gasteiger partial charge in [0, 0.05) is 12.2 Å². The van der Waals surface area contributed by atoms with Gasteiger partial charge in [-0.2, -0.15) is 0 Å². The van der Waals surface area contributed by atoms with E-state index in [1.807, 2.05) is 0 Å². The van der Waals surface area contributed by atoms with E-state index in [1.165, 1.54) is 34.6 Å². The Kier molecular flexibility index (Phi) is 4.18. The van der Waals surface area contributed by atoms with Gasteiger partial charge in [-0.3, -0.25) is 4.31 Å². The molecule has 21 heavy (non-hydrogen) atoms. The number of hydrogen-bond donors (Lipinski definition) is 1. The topological polar surface area (TPSA) is 63.4 Å². The van der Waals surface area contributed by atoms with Crippen molar-refractivity contribution in [3.63, 3.8) is 0 Å². The molecule has 6 heteroatoms. The van der Waals surface area contributed by atoms with E-state index >= 15 is 0 Å². The van der Waals surface area contributed by atoms with Crippen molar-refractivity contribution in [2.75, 3.05) is 16.6 Å². The monoisotopic (exact) mass is 308 g/mol. The van der Waals surface area contributed by atoms with Crippen molar-refractivity contribution in [1.29, 1.82) is 0 Å². The van der Waals surface area contributed by atoms with Crippen LogP contribution in [-0.4, -0.2) is 15.0 Å².